The van der Waals surface area contributed by atoms with Crippen LogP contribution in [0.4, 0.5) is 0 Å². The van der Waals surface area contributed by atoms with Crippen molar-refractivity contribution in [2.75, 3.05) is 0 Å². The quantitative estimate of drug-likeness (QED) is 0.351. The fourth-order valence-corrected chi connectivity index (χ4v) is 11.7. The van der Waals surface area contributed by atoms with Gasteiger partial charge in [-0.3, -0.25) is 0 Å². The van der Waals surface area contributed by atoms with E-state index in [0.29, 0.717) is 35.9 Å². The molecule has 6 aliphatic rings. The van der Waals surface area contributed by atoms with Crippen LogP contribution in [0.5, 0.6) is 0 Å². The Kier molecular flexibility index (Phi) is 8.34. The van der Waals surface area contributed by atoms with Gasteiger partial charge in [-0.1, -0.05) is 96.3 Å². The number of hydrogen-bond donors (Lipinski definition) is 2. The summed E-state index contributed by atoms with van der Waals surface area (Å²) in [4.78, 5) is 0. The Morgan fingerprint density at radius 3 is 1.89 bits per heavy atom. The normalized spacial score (nSPS) is 46.0. The maximum atomic E-state index is 12.3. The van der Waals surface area contributed by atoms with Crippen molar-refractivity contribution in [1.82, 2.24) is 0 Å². The first-order chi connectivity index (χ1) is 18.1. The van der Waals surface area contributed by atoms with Crippen molar-refractivity contribution in [3.8, 4) is 0 Å². The second kappa shape index (κ2) is 11.4. The second-order valence-corrected chi connectivity index (χ2v) is 15.0. The Labute approximate surface area is 227 Å². The summed E-state index contributed by atoms with van der Waals surface area (Å²) in [5.41, 5.74) is 0.226. The van der Waals surface area contributed by atoms with Crippen molar-refractivity contribution >= 4 is 0 Å². The lowest BCUT2D eigenvalue weighted by molar-refractivity contribution is -0.190. The molecular weight excluding hydrogens is 456 g/mol. The van der Waals surface area contributed by atoms with Crippen LogP contribution in [0.1, 0.15) is 148 Å². The predicted octanol–water partition coefficient (Wildman–Crippen LogP) is 8.20. The molecule has 1 heterocycles. The molecule has 8 atom stereocenters. The lowest BCUT2D eigenvalue weighted by Gasteiger charge is -2.63. The van der Waals surface area contributed by atoms with Crippen LogP contribution in [0.25, 0.3) is 0 Å². The fraction of sp³-hybridized carbons (Fsp3) is 1.00. The summed E-state index contributed by atoms with van der Waals surface area (Å²) in [6.45, 7) is 2.33. The van der Waals surface area contributed by atoms with Crippen molar-refractivity contribution in [2.24, 2.45) is 40.4 Å². The summed E-state index contributed by atoms with van der Waals surface area (Å²) in [6, 6.07) is 0. The molecular formula is C34H58O3. The minimum atomic E-state index is -0.137. The molecule has 0 aromatic heterocycles. The van der Waals surface area contributed by atoms with Gasteiger partial charge in [-0.25, -0.2) is 0 Å². The van der Waals surface area contributed by atoms with E-state index in [2.05, 4.69) is 6.92 Å². The topological polar surface area (TPSA) is 53.0 Å². The number of aliphatic hydroxyl groups is 2. The monoisotopic (exact) mass is 514 g/mol. The molecule has 1 aliphatic heterocycles. The molecule has 8 unspecified atom stereocenters. The number of ether oxygens (including phenoxy) is 1. The van der Waals surface area contributed by atoms with Gasteiger partial charge in [-0.05, 0) is 81.5 Å². The van der Waals surface area contributed by atoms with Gasteiger partial charge >= 0.3 is 0 Å². The van der Waals surface area contributed by atoms with E-state index in [1.165, 1.54) is 122 Å². The third-order valence-electron chi connectivity index (χ3n) is 13.2. The molecule has 1 saturated heterocycles. The van der Waals surface area contributed by atoms with Gasteiger partial charge in [-0.15, -0.1) is 0 Å². The van der Waals surface area contributed by atoms with Gasteiger partial charge in [0, 0.05) is 10.8 Å². The van der Waals surface area contributed by atoms with E-state index < -0.39 is 0 Å². The summed E-state index contributed by atoms with van der Waals surface area (Å²) < 4.78 is 6.60. The minimum absolute atomic E-state index is 0.0752. The molecule has 37 heavy (non-hydrogen) atoms. The largest absolute Gasteiger partial charge is 0.393 e. The van der Waals surface area contributed by atoms with Crippen LogP contribution in [0, 0.1) is 40.4 Å². The van der Waals surface area contributed by atoms with Crippen LogP contribution in [0.2, 0.25) is 0 Å². The Bertz CT molecular complexity index is 735. The molecule has 2 N–H and O–H groups in total. The maximum Gasteiger partial charge on any atom is 0.0898 e. The van der Waals surface area contributed by atoms with E-state index in [4.69, 9.17) is 4.74 Å². The second-order valence-electron chi connectivity index (χ2n) is 15.0. The minimum Gasteiger partial charge on any atom is -0.393 e. The van der Waals surface area contributed by atoms with Crippen molar-refractivity contribution in [3.63, 3.8) is 0 Å². The molecule has 0 aromatic rings. The maximum absolute atomic E-state index is 12.3. The zero-order valence-electron chi connectivity index (χ0n) is 24.1. The lowest BCUT2D eigenvalue weighted by atomic mass is 9.42. The number of epoxide rings is 1. The summed E-state index contributed by atoms with van der Waals surface area (Å²) in [7, 11) is 0. The van der Waals surface area contributed by atoms with Gasteiger partial charge in [0.2, 0.25) is 0 Å². The zero-order chi connectivity index (χ0) is 25.5. The molecule has 0 aromatic carbocycles. The van der Waals surface area contributed by atoms with Crippen LogP contribution in [0.3, 0.4) is 0 Å². The molecule has 6 rings (SSSR count). The van der Waals surface area contributed by atoms with Gasteiger partial charge in [0.15, 0.2) is 0 Å². The molecule has 0 amide bonds. The molecule has 3 heteroatoms. The summed E-state index contributed by atoms with van der Waals surface area (Å²) in [5.74, 6) is 3.15. The Morgan fingerprint density at radius 1 is 0.676 bits per heavy atom. The molecule has 3 nitrogen and oxygen atoms in total. The first kappa shape index (κ1) is 27.1. The van der Waals surface area contributed by atoms with Crippen LogP contribution in [-0.2, 0) is 4.74 Å². The van der Waals surface area contributed by atoms with Crippen LogP contribution in [0.15, 0.2) is 0 Å². The van der Waals surface area contributed by atoms with Gasteiger partial charge < -0.3 is 14.9 Å². The van der Waals surface area contributed by atoms with Gasteiger partial charge in [-0.2, -0.15) is 0 Å². The first-order valence-corrected chi connectivity index (χ1v) is 17.1. The summed E-state index contributed by atoms with van der Waals surface area (Å²) in [5, 5.41) is 23.8. The molecule has 5 aliphatic carbocycles. The summed E-state index contributed by atoms with van der Waals surface area (Å²) >= 11 is 0. The first-order valence-electron chi connectivity index (χ1n) is 17.1. The zero-order valence-corrected chi connectivity index (χ0v) is 24.1. The molecule has 5 saturated carbocycles. The van der Waals surface area contributed by atoms with E-state index in [0.717, 1.165) is 25.2 Å². The average Bonchev–Trinajstić information content (AvgIpc) is 3.69. The van der Waals surface area contributed by atoms with Crippen LogP contribution >= 0.6 is 0 Å². The van der Waals surface area contributed by atoms with Gasteiger partial charge in [0.1, 0.15) is 0 Å². The fourth-order valence-electron chi connectivity index (χ4n) is 11.7. The highest BCUT2D eigenvalue weighted by molar-refractivity contribution is 5.15. The van der Waals surface area contributed by atoms with Crippen LogP contribution < -0.4 is 0 Å². The van der Waals surface area contributed by atoms with E-state index in [9.17, 15) is 10.2 Å². The van der Waals surface area contributed by atoms with E-state index >= 15 is 0 Å². The highest BCUT2D eigenvalue weighted by Gasteiger charge is 2.67. The number of rotatable bonds is 6. The molecule has 0 radical (unpaired) electrons. The number of aliphatic hydroxyl groups excluding tert-OH is 2. The third kappa shape index (κ3) is 4.99. The van der Waals surface area contributed by atoms with E-state index in [1.54, 1.807) is 0 Å². The van der Waals surface area contributed by atoms with E-state index in [1.807, 2.05) is 0 Å². The van der Waals surface area contributed by atoms with Crippen LogP contribution in [-0.4, -0.2) is 34.6 Å². The Morgan fingerprint density at radius 2 is 1.27 bits per heavy atom. The average molecular weight is 515 g/mol. The predicted molar refractivity (Wildman–Crippen MR) is 150 cm³/mol. The third-order valence-corrected chi connectivity index (χ3v) is 13.2. The number of hydrogen-bond acceptors (Lipinski definition) is 3. The van der Waals surface area contributed by atoms with Crippen molar-refractivity contribution in [2.45, 2.75) is 173 Å². The molecule has 0 bridgehead atoms. The van der Waals surface area contributed by atoms with Crippen molar-refractivity contribution in [1.29, 1.82) is 0 Å². The van der Waals surface area contributed by atoms with Gasteiger partial charge in [0.05, 0.1) is 24.4 Å². The van der Waals surface area contributed by atoms with E-state index in [-0.39, 0.29) is 23.0 Å². The highest BCUT2D eigenvalue weighted by atomic mass is 16.6. The van der Waals surface area contributed by atoms with Crippen molar-refractivity contribution < 1.29 is 14.9 Å². The Balaban J connectivity index is 1.45. The molecule has 0 spiro atoms. The molecule has 212 valence electrons. The summed E-state index contributed by atoms with van der Waals surface area (Å²) in [6.07, 6.45) is 28.9. The van der Waals surface area contributed by atoms with Gasteiger partial charge in [0.25, 0.3) is 0 Å². The smallest absolute Gasteiger partial charge is 0.0898 e. The SMILES string of the molecule is CC1OC1C1(C(C2CCCCC2)C2(C3CCCCC3)CCCCC2O)CCC(O)C(C2CCCCC2)C1. The Hall–Kier alpha value is -0.120. The lowest BCUT2D eigenvalue weighted by Crippen LogP contribution is -2.61. The standard InChI is InChI=1S/C34H58O3/c1-24-32(37-24)33(22-20-29(35)28(23-33)25-13-5-2-6-14-25)31(26-15-7-3-8-16-26)34(21-12-11-19-30(34)36)27-17-9-4-10-18-27/h24-32,35-36H,2-23H2,1H3. The highest BCUT2D eigenvalue weighted by Crippen LogP contribution is 2.68. The molecule has 6 fully saturated rings. The van der Waals surface area contributed by atoms with Crippen molar-refractivity contribution in [3.05, 3.63) is 0 Å².